The number of imidazole rings is 1. The van der Waals surface area contributed by atoms with Gasteiger partial charge in [-0.25, -0.2) is 22.5 Å². The van der Waals surface area contributed by atoms with Crippen molar-refractivity contribution in [2.24, 2.45) is 0 Å². The van der Waals surface area contributed by atoms with E-state index in [1.807, 2.05) is 0 Å². The minimum Gasteiger partial charge on any atom is -0.347 e. The lowest BCUT2D eigenvalue weighted by atomic mass is 10.3. The molecule has 0 amide bonds. The quantitative estimate of drug-likeness (QED) is 0.895. The number of nitrogens with one attached hydrogen (secondary N) is 2. The van der Waals surface area contributed by atoms with E-state index < -0.39 is 20.7 Å². The Labute approximate surface area is 112 Å². The van der Waals surface area contributed by atoms with Crippen molar-refractivity contribution in [3.63, 3.8) is 0 Å². The zero-order valence-corrected chi connectivity index (χ0v) is 11.4. The van der Waals surface area contributed by atoms with Crippen molar-refractivity contribution in [1.82, 2.24) is 14.7 Å². The molecule has 0 aliphatic heterocycles. The molecule has 0 aliphatic carbocycles. The van der Waals surface area contributed by atoms with Crippen LogP contribution in [0.25, 0.3) is 0 Å². The molecule has 0 bridgehead atoms. The first kappa shape index (κ1) is 13.2. The number of hydrogen-bond acceptors (Lipinski definition) is 3. The second-order valence-electron chi connectivity index (χ2n) is 3.44. The van der Waals surface area contributed by atoms with Crippen LogP contribution >= 0.6 is 15.9 Å². The van der Waals surface area contributed by atoms with Crippen molar-refractivity contribution in [2.45, 2.75) is 11.4 Å². The average molecular weight is 334 g/mol. The van der Waals surface area contributed by atoms with Gasteiger partial charge in [0.2, 0.25) is 10.0 Å². The smallest absolute Gasteiger partial charge is 0.243 e. The number of aromatic amines is 1. The fourth-order valence-corrected chi connectivity index (χ4v) is 2.71. The summed E-state index contributed by atoms with van der Waals surface area (Å²) in [6.07, 6.45) is 3.08. The van der Waals surface area contributed by atoms with Gasteiger partial charge in [0.15, 0.2) is 0 Å². The topological polar surface area (TPSA) is 74.8 Å². The molecule has 1 heterocycles. The molecular weight excluding hydrogens is 325 g/mol. The Kier molecular flexibility index (Phi) is 3.79. The predicted molar refractivity (Wildman–Crippen MR) is 66.7 cm³/mol. The summed E-state index contributed by atoms with van der Waals surface area (Å²) in [6.45, 7) is -0.0230. The van der Waals surface area contributed by atoms with Gasteiger partial charge in [-0.1, -0.05) is 15.9 Å². The average Bonchev–Trinajstić information content (AvgIpc) is 2.78. The number of rotatable bonds is 4. The van der Waals surface area contributed by atoms with Gasteiger partial charge >= 0.3 is 0 Å². The molecule has 96 valence electrons. The summed E-state index contributed by atoms with van der Waals surface area (Å²) in [5, 5.41) is 0. The summed E-state index contributed by atoms with van der Waals surface area (Å²) in [5.74, 6) is -0.354. The van der Waals surface area contributed by atoms with Crippen LogP contribution < -0.4 is 4.72 Å². The molecule has 0 atom stereocenters. The summed E-state index contributed by atoms with van der Waals surface area (Å²) < 4.78 is 40.0. The first-order valence-corrected chi connectivity index (χ1v) is 7.19. The molecule has 0 saturated heterocycles. The van der Waals surface area contributed by atoms with E-state index in [2.05, 4.69) is 30.6 Å². The van der Waals surface area contributed by atoms with Crippen LogP contribution in [0.2, 0.25) is 0 Å². The minimum atomic E-state index is -3.89. The number of aromatic nitrogens is 2. The molecule has 0 fully saturated rings. The molecule has 0 radical (unpaired) electrons. The van der Waals surface area contributed by atoms with Gasteiger partial charge < -0.3 is 4.98 Å². The number of halogens is 2. The molecule has 8 heteroatoms. The molecule has 0 unspecified atom stereocenters. The highest BCUT2D eigenvalue weighted by Crippen LogP contribution is 2.19. The van der Waals surface area contributed by atoms with Crippen molar-refractivity contribution in [1.29, 1.82) is 0 Å². The van der Waals surface area contributed by atoms with Crippen LogP contribution in [0.15, 0.2) is 40.0 Å². The third-order valence-corrected chi connectivity index (χ3v) is 4.10. The van der Waals surface area contributed by atoms with Crippen molar-refractivity contribution in [3.8, 4) is 0 Å². The van der Waals surface area contributed by atoms with Gasteiger partial charge in [-0.2, -0.15) is 0 Å². The zero-order valence-electron chi connectivity index (χ0n) is 9.02. The van der Waals surface area contributed by atoms with Gasteiger partial charge in [-0.15, -0.1) is 0 Å². The first-order valence-electron chi connectivity index (χ1n) is 4.92. The number of benzene rings is 1. The van der Waals surface area contributed by atoms with Gasteiger partial charge in [-0.3, -0.25) is 0 Å². The zero-order chi connectivity index (χ0) is 13.2. The maximum atomic E-state index is 13.5. The van der Waals surface area contributed by atoms with E-state index in [9.17, 15) is 12.8 Å². The summed E-state index contributed by atoms with van der Waals surface area (Å²) in [5.41, 5.74) is 0. The third kappa shape index (κ3) is 2.95. The normalized spacial score (nSPS) is 11.7. The molecule has 2 aromatic rings. The van der Waals surface area contributed by atoms with Crippen LogP contribution in [-0.2, 0) is 16.6 Å². The highest BCUT2D eigenvalue weighted by atomic mass is 79.9. The van der Waals surface area contributed by atoms with Gasteiger partial charge in [0.05, 0.1) is 6.54 Å². The van der Waals surface area contributed by atoms with E-state index in [-0.39, 0.29) is 6.54 Å². The van der Waals surface area contributed by atoms with Gasteiger partial charge in [0.25, 0.3) is 0 Å². The lowest BCUT2D eigenvalue weighted by molar-refractivity contribution is 0.555. The van der Waals surface area contributed by atoms with Crippen LogP contribution in [0.5, 0.6) is 0 Å². The molecule has 2 N–H and O–H groups in total. The van der Waals surface area contributed by atoms with Gasteiger partial charge in [0, 0.05) is 16.9 Å². The Morgan fingerprint density at radius 3 is 2.83 bits per heavy atom. The Morgan fingerprint density at radius 1 is 1.44 bits per heavy atom. The maximum absolute atomic E-state index is 13.5. The van der Waals surface area contributed by atoms with Crippen molar-refractivity contribution in [2.75, 3.05) is 0 Å². The Bertz CT molecular complexity index is 643. The van der Waals surface area contributed by atoms with E-state index in [0.29, 0.717) is 10.3 Å². The fourth-order valence-electron chi connectivity index (χ4n) is 1.33. The third-order valence-electron chi connectivity index (χ3n) is 2.17. The fraction of sp³-hybridized carbons (Fsp3) is 0.100. The van der Waals surface area contributed by atoms with Gasteiger partial charge in [-0.05, 0) is 18.2 Å². The standard InChI is InChI=1S/C10H9BrFN3O2S/c11-7-1-2-9(8(12)5-7)18(16,17)15-6-10-13-3-4-14-10/h1-5,15H,6H2,(H,13,14). The van der Waals surface area contributed by atoms with Crippen LogP contribution in [0.4, 0.5) is 4.39 Å². The van der Waals surface area contributed by atoms with Crippen molar-refractivity contribution >= 4 is 26.0 Å². The Morgan fingerprint density at radius 2 is 2.22 bits per heavy atom. The van der Waals surface area contributed by atoms with Crippen molar-refractivity contribution < 1.29 is 12.8 Å². The Hall–Kier alpha value is -1.25. The van der Waals surface area contributed by atoms with E-state index in [1.54, 1.807) is 6.20 Å². The second-order valence-corrected chi connectivity index (χ2v) is 6.09. The summed E-state index contributed by atoms with van der Waals surface area (Å²) in [4.78, 5) is 6.22. The number of sulfonamides is 1. The van der Waals surface area contributed by atoms with E-state index in [4.69, 9.17) is 0 Å². The molecule has 0 aliphatic rings. The number of hydrogen-bond donors (Lipinski definition) is 2. The lowest BCUT2D eigenvalue weighted by Crippen LogP contribution is -2.24. The number of nitrogens with zero attached hydrogens (tertiary/aromatic N) is 1. The largest absolute Gasteiger partial charge is 0.347 e. The highest BCUT2D eigenvalue weighted by molar-refractivity contribution is 9.10. The molecule has 0 saturated carbocycles. The maximum Gasteiger partial charge on any atom is 0.243 e. The minimum absolute atomic E-state index is 0.0230. The van der Waals surface area contributed by atoms with E-state index >= 15 is 0 Å². The summed E-state index contributed by atoms with van der Waals surface area (Å²) >= 11 is 3.06. The molecule has 2 rings (SSSR count). The number of H-pyrrole nitrogens is 1. The van der Waals surface area contributed by atoms with Crippen LogP contribution in [-0.4, -0.2) is 18.4 Å². The van der Waals surface area contributed by atoms with E-state index in [1.165, 1.54) is 18.3 Å². The van der Waals surface area contributed by atoms with Crippen LogP contribution in [0.3, 0.4) is 0 Å². The van der Waals surface area contributed by atoms with Crippen LogP contribution in [0.1, 0.15) is 5.82 Å². The predicted octanol–water partition coefficient (Wildman–Crippen LogP) is 1.79. The molecule has 0 spiro atoms. The van der Waals surface area contributed by atoms with Gasteiger partial charge in [0.1, 0.15) is 16.5 Å². The monoisotopic (exact) mass is 333 g/mol. The van der Waals surface area contributed by atoms with Crippen molar-refractivity contribution in [3.05, 3.63) is 46.7 Å². The summed E-state index contributed by atoms with van der Waals surface area (Å²) in [6, 6.07) is 3.76. The van der Waals surface area contributed by atoms with Crippen LogP contribution in [0, 0.1) is 5.82 Å². The molecule has 1 aromatic carbocycles. The SMILES string of the molecule is O=S(=O)(NCc1ncc[nH]1)c1ccc(Br)cc1F. The molecular formula is C10H9BrFN3O2S. The summed E-state index contributed by atoms with van der Waals surface area (Å²) in [7, 11) is -3.89. The highest BCUT2D eigenvalue weighted by Gasteiger charge is 2.19. The molecule has 18 heavy (non-hydrogen) atoms. The molecule has 1 aromatic heterocycles. The first-order chi connectivity index (χ1) is 8.49. The Balaban J connectivity index is 2.20. The second kappa shape index (κ2) is 5.17. The molecule has 5 nitrogen and oxygen atoms in total. The lowest BCUT2D eigenvalue weighted by Gasteiger charge is -2.06. The van der Waals surface area contributed by atoms with E-state index in [0.717, 1.165) is 6.07 Å².